The molecule has 5 nitrogen and oxygen atoms in total. The topological polar surface area (TPSA) is 52.7 Å². The molecule has 19 heavy (non-hydrogen) atoms. The Morgan fingerprint density at radius 1 is 1.16 bits per heavy atom. The summed E-state index contributed by atoms with van der Waals surface area (Å²) in [6.45, 7) is 9.54. The summed E-state index contributed by atoms with van der Waals surface area (Å²) >= 11 is 0. The fourth-order valence-electron chi connectivity index (χ4n) is 2.21. The predicted molar refractivity (Wildman–Crippen MR) is 75.8 cm³/mol. The van der Waals surface area contributed by atoms with E-state index in [4.69, 9.17) is 0 Å². The molecule has 1 aliphatic rings. The molecule has 0 bridgehead atoms. The molecule has 1 rings (SSSR count). The lowest BCUT2D eigenvalue weighted by Crippen LogP contribution is -2.51. The Balaban J connectivity index is 2.25. The van der Waals surface area contributed by atoms with E-state index in [0.717, 1.165) is 39.0 Å². The van der Waals surface area contributed by atoms with Crippen molar-refractivity contribution in [3.05, 3.63) is 0 Å². The van der Waals surface area contributed by atoms with Gasteiger partial charge < -0.3 is 10.2 Å². The van der Waals surface area contributed by atoms with E-state index in [-0.39, 0.29) is 17.9 Å². The van der Waals surface area contributed by atoms with E-state index in [1.54, 1.807) is 0 Å². The SMILES string of the molecule is CCCCC(=O)N1CCN(CC(=O)NC(C)C)CC1. The van der Waals surface area contributed by atoms with Crippen molar-refractivity contribution in [1.29, 1.82) is 0 Å². The number of nitrogens with zero attached hydrogens (tertiary/aromatic N) is 2. The van der Waals surface area contributed by atoms with E-state index >= 15 is 0 Å². The summed E-state index contributed by atoms with van der Waals surface area (Å²) in [5.41, 5.74) is 0. The van der Waals surface area contributed by atoms with Gasteiger partial charge in [-0.15, -0.1) is 0 Å². The van der Waals surface area contributed by atoms with Crippen LogP contribution in [0.4, 0.5) is 0 Å². The van der Waals surface area contributed by atoms with Crippen molar-refractivity contribution in [1.82, 2.24) is 15.1 Å². The summed E-state index contributed by atoms with van der Waals surface area (Å²) in [7, 11) is 0. The zero-order valence-electron chi connectivity index (χ0n) is 12.4. The number of piperazine rings is 1. The minimum atomic E-state index is 0.0701. The quantitative estimate of drug-likeness (QED) is 0.777. The fraction of sp³-hybridized carbons (Fsp3) is 0.857. The number of carbonyl (C=O) groups is 2. The molecule has 110 valence electrons. The second-order valence-electron chi connectivity index (χ2n) is 5.48. The molecule has 0 spiro atoms. The van der Waals surface area contributed by atoms with Gasteiger partial charge in [0.1, 0.15) is 0 Å². The molecular formula is C14H27N3O2. The molecule has 1 saturated heterocycles. The zero-order valence-corrected chi connectivity index (χ0v) is 12.4. The van der Waals surface area contributed by atoms with Crippen LogP contribution in [0.5, 0.6) is 0 Å². The Kier molecular flexibility index (Phi) is 6.84. The van der Waals surface area contributed by atoms with E-state index in [2.05, 4.69) is 17.1 Å². The van der Waals surface area contributed by atoms with Crippen LogP contribution >= 0.6 is 0 Å². The fourth-order valence-corrected chi connectivity index (χ4v) is 2.21. The van der Waals surface area contributed by atoms with Crippen molar-refractivity contribution >= 4 is 11.8 Å². The molecule has 0 aromatic carbocycles. The van der Waals surface area contributed by atoms with Crippen LogP contribution in [0.15, 0.2) is 0 Å². The van der Waals surface area contributed by atoms with E-state index in [1.165, 1.54) is 0 Å². The first kappa shape index (κ1) is 16.0. The first-order valence-corrected chi connectivity index (χ1v) is 7.32. The molecular weight excluding hydrogens is 242 g/mol. The van der Waals surface area contributed by atoms with Crippen LogP contribution in [-0.4, -0.2) is 60.4 Å². The second kappa shape index (κ2) is 8.15. The van der Waals surface area contributed by atoms with Crippen LogP contribution < -0.4 is 5.32 Å². The summed E-state index contributed by atoms with van der Waals surface area (Å²) < 4.78 is 0. The second-order valence-corrected chi connectivity index (χ2v) is 5.48. The molecule has 0 saturated carbocycles. The lowest BCUT2D eigenvalue weighted by Gasteiger charge is -2.34. The zero-order chi connectivity index (χ0) is 14.3. The average molecular weight is 269 g/mol. The summed E-state index contributed by atoms with van der Waals surface area (Å²) in [6, 6.07) is 0.185. The van der Waals surface area contributed by atoms with Gasteiger partial charge in [0, 0.05) is 38.6 Å². The minimum absolute atomic E-state index is 0.0701. The number of carbonyl (C=O) groups excluding carboxylic acids is 2. The summed E-state index contributed by atoms with van der Waals surface area (Å²) in [5.74, 6) is 0.328. The third kappa shape index (κ3) is 6.05. The van der Waals surface area contributed by atoms with Gasteiger partial charge in [-0.1, -0.05) is 13.3 Å². The summed E-state index contributed by atoms with van der Waals surface area (Å²) in [6.07, 6.45) is 2.68. The van der Waals surface area contributed by atoms with Crippen LogP contribution in [0.1, 0.15) is 40.0 Å². The molecule has 0 aromatic heterocycles. The predicted octanol–water partition coefficient (Wildman–Crippen LogP) is 0.845. The highest BCUT2D eigenvalue weighted by Crippen LogP contribution is 2.06. The number of hydrogen-bond acceptors (Lipinski definition) is 3. The number of rotatable bonds is 6. The van der Waals surface area contributed by atoms with Crippen molar-refractivity contribution in [3.8, 4) is 0 Å². The Morgan fingerprint density at radius 2 is 1.79 bits per heavy atom. The van der Waals surface area contributed by atoms with Gasteiger partial charge in [-0.05, 0) is 20.3 Å². The van der Waals surface area contributed by atoms with Gasteiger partial charge >= 0.3 is 0 Å². The summed E-state index contributed by atoms with van der Waals surface area (Å²) in [4.78, 5) is 27.5. The van der Waals surface area contributed by atoms with Crippen molar-refractivity contribution in [2.24, 2.45) is 0 Å². The number of unbranched alkanes of at least 4 members (excludes halogenated alkanes) is 1. The minimum Gasteiger partial charge on any atom is -0.353 e. The third-order valence-corrected chi connectivity index (χ3v) is 3.29. The Labute approximate surface area is 116 Å². The van der Waals surface area contributed by atoms with Gasteiger partial charge in [-0.2, -0.15) is 0 Å². The molecule has 0 aromatic rings. The normalized spacial score (nSPS) is 16.7. The molecule has 1 heterocycles. The molecule has 0 unspecified atom stereocenters. The molecule has 0 atom stereocenters. The van der Waals surface area contributed by atoms with Gasteiger partial charge in [0.2, 0.25) is 11.8 Å². The van der Waals surface area contributed by atoms with Crippen LogP contribution in [0.25, 0.3) is 0 Å². The van der Waals surface area contributed by atoms with E-state index < -0.39 is 0 Å². The van der Waals surface area contributed by atoms with Gasteiger partial charge in [0.25, 0.3) is 0 Å². The molecule has 0 radical (unpaired) electrons. The number of hydrogen-bond donors (Lipinski definition) is 1. The third-order valence-electron chi connectivity index (χ3n) is 3.29. The van der Waals surface area contributed by atoms with Crippen molar-refractivity contribution in [3.63, 3.8) is 0 Å². The van der Waals surface area contributed by atoms with Gasteiger partial charge in [-0.3, -0.25) is 14.5 Å². The van der Waals surface area contributed by atoms with Crippen LogP contribution in [0, 0.1) is 0 Å². The largest absolute Gasteiger partial charge is 0.353 e. The maximum Gasteiger partial charge on any atom is 0.234 e. The molecule has 5 heteroatoms. The summed E-state index contributed by atoms with van der Waals surface area (Å²) in [5, 5.41) is 2.89. The standard InChI is InChI=1S/C14H27N3O2/c1-4-5-6-14(19)17-9-7-16(8-10-17)11-13(18)15-12(2)3/h12H,4-11H2,1-3H3,(H,15,18). The molecule has 2 amide bonds. The molecule has 1 N–H and O–H groups in total. The highest BCUT2D eigenvalue weighted by Gasteiger charge is 2.21. The van der Waals surface area contributed by atoms with Crippen LogP contribution in [0.2, 0.25) is 0 Å². The highest BCUT2D eigenvalue weighted by molar-refractivity contribution is 5.78. The molecule has 1 fully saturated rings. The van der Waals surface area contributed by atoms with Crippen LogP contribution in [-0.2, 0) is 9.59 Å². The maximum absolute atomic E-state index is 11.9. The highest BCUT2D eigenvalue weighted by atomic mass is 16.2. The smallest absolute Gasteiger partial charge is 0.234 e. The Hall–Kier alpha value is -1.10. The van der Waals surface area contributed by atoms with Gasteiger partial charge in [0.05, 0.1) is 6.54 Å². The van der Waals surface area contributed by atoms with Gasteiger partial charge in [0.15, 0.2) is 0 Å². The van der Waals surface area contributed by atoms with Crippen LogP contribution in [0.3, 0.4) is 0 Å². The van der Waals surface area contributed by atoms with Crippen molar-refractivity contribution in [2.75, 3.05) is 32.7 Å². The number of nitrogens with one attached hydrogen (secondary N) is 1. The Morgan fingerprint density at radius 3 is 2.32 bits per heavy atom. The lowest BCUT2D eigenvalue weighted by molar-refractivity contribution is -0.133. The van der Waals surface area contributed by atoms with E-state index in [0.29, 0.717) is 13.0 Å². The lowest BCUT2D eigenvalue weighted by atomic mass is 10.2. The van der Waals surface area contributed by atoms with E-state index in [9.17, 15) is 9.59 Å². The Bertz CT molecular complexity index is 297. The number of amides is 2. The average Bonchev–Trinajstić information content (AvgIpc) is 2.35. The van der Waals surface area contributed by atoms with E-state index in [1.807, 2.05) is 18.7 Å². The molecule has 1 aliphatic heterocycles. The monoisotopic (exact) mass is 269 g/mol. The maximum atomic E-state index is 11.9. The van der Waals surface area contributed by atoms with Crippen molar-refractivity contribution < 1.29 is 9.59 Å². The first-order chi connectivity index (χ1) is 9.02. The van der Waals surface area contributed by atoms with Crippen molar-refractivity contribution in [2.45, 2.75) is 46.1 Å². The first-order valence-electron chi connectivity index (χ1n) is 7.32. The molecule has 0 aliphatic carbocycles. The van der Waals surface area contributed by atoms with Gasteiger partial charge in [-0.25, -0.2) is 0 Å².